The van der Waals surface area contributed by atoms with Gasteiger partial charge in [0.1, 0.15) is 0 Å². The van der Waals surface area contributed by atoms with Gasteiger partial charge < -0.3 is 5.32 Å². The van der Waals surface area contributed by atoms with Gasteiger partial charge in [-0.2, -0.15) is 0 Å². The van der Waals surface area contributed by atoms with Crippen LogP contribution in [-0.4, -0.2) is 25.5 Å². The van der Waals surface area contributed by atoms with Gasteiger partial charge in [0.2, 0.25) is 0 Å². The monoisotopic (exact) mass is 280 g/mol. The maximum atomic E-state index is 11.6. The number of halogens is 3. The molecule has 0 unspecified atom stereocenters. The molecule has 0 radical (unpaired) electrons. The summed E-state index contributed by atoms with van der Waals surface area (Å²) >= 11 is 17.3. The van der Waals surface area contributed by atoms with E-state index in [2.05, 4.69) is 5.32 Å². The molecule has 88 valence electrons. The highest BCUT2D eigenvalue weighted by molar-refractivity contribution is 6.44. The molecular weight excluding hydrogens is 270 g/mol. The van der Waals surface area contributed by atoms with E-state index in [0.717, 1.165) is 0 Å². The molecular formula is C10H11Cl3N2O. The average molecular weight is 282 g/mol. The summed E-state index contributed by atoms with van der Waals surface area (Å²) in [6.45, 7) is 0.406. The fourth-order valence-corrected chi connectivity index (χ4v) is 1.65. The molecule has 0 heterocycles. The van der Waals surface area contributed by atoms with E-state index in [1.165, 1.54) is 4.90 Å². The van der Waals surface area contributed by atoms with E-state index >= 15 is 0 Å². The Morgan fingerprint density at radius 1 is 1.44 bits per heavy atom. The van der Waals surface area contributed by atoms with E-state index in [-0.39, 0.29) is 6.03 Å². The lowest BCUT2D eigenvalue weighted by Crippen LogP contribution is -2.38. The van der Waals surface area contributed by atoms with Crippen LogP contribution in [0.1, 0.15) is 0 Å². The van der Waals surface area contributed by atoms with Gasteiger partial charge in [-0.05, 0) is 12.1 Å². The molecule has 0 fully saturated rings. The summed E-state index contributed by atoms with van der Waals surface area (Å²) < 4.78 is 0. The van der Waals surface area contributed by atoms with Crippen molar-refractivity contribution in [3.63, 3.8) is 0 Å². The van der Waals surface area contributed by atoms with Crippen LogP contribution in [-0.2, 0) is 0 Å². The van der Waals surface area contributed by atoms with Crippen LogP contribution >= 0.6 is 34.8 Å². The van der Waals surface area contributed by atoms with Crippen molar-refractivity contribution >= 4 is 46.5 Å². The molecule has 16 heavy (non-hydrogen) atoms. The summed E-state index contributed by atoms with van der Waals surface area (Å²) in [7, 11) is 1.61. The summed E-state index contributed by atoms with van der Waals surface area (Å²) in [5.41, 5.74) is 0.557. The lowest BCUT2D eigenvalue weighted by atomic mass is 10.3. The number of hydrogen-bond donors (Lipinski definition) is 1. The van der Waals surface area contributed by atoms with E-state index in [0.29, 0.717) is 28.2 Å². The Morgan fingerprint density at radius 2 is 2.12 bits per heavy atom. The van der Waals surface area contributed by atoms with Crippen LogP contribution in [0.3, 0.4) is 0 Å². The van der Waals surface area contributed by atoms with Crippen LogP contribution in [0.15, 0.2) is 18.2 Å². The average Bonchev–Trinajstić information content (AvgIpc) is 2.28. The van der Waals surface area contributed by atoms with Crippen LogP contribution in [0, 0.1) is 0 Å². The highest BCUT2D eigenvalue weighted by Gasteiger charge is 2.14. The molecule has 6 heteroatoms. The van der Waals surface area contributed by atoms with Gasteiger partial charge in [-0.1, -0.05) is 29.3 Å². The Hall–Kier alpha value is -0.640. The van der Waals surface area contributed by atoms with Crippen molar-refractivity contribution in [2.45, 2.75) is 0 Å². The van der Waals surface area contributed by atoms with Crippen LogP contribution in [0.5, 0.6) is 0 Å². The summed E-state index contributed by atoms with van der Waals surface area (Å²) in [6, 6.07) is 4.84. The smallest absolute Gasteiger partial charge is 0.321 e. The maximum absolute atomic E-state index is 11.6. The zero-order valence-electron chi connectivity index (χ0n) is 8.64. The van der Waals surface area contributed by atoms with Gasteiger partial charge in [-0.25, -0.2) is 4.79 Å². The van der Waals surface area contributed by atoms with Gasteiger partial charge in [0.15, 0.2) is 0 Å². The summed E-state index contributed by atoms with van der Waals surface area (Å²) in [5, 5.41) is 3.40. The number of amides is 2. The molecule has 0 aliphatic heterocycles. The minimum Gasteiger partial charge on any atom is -0.336 e. The Bertz CT molecular complexity index is 384. The first-order chi connectivity index (χ1) is 7.57. The number of urea groups is 1. The van der Waals surface area contributed by atoms with E-state index in [1.807, 2.05) is 0 Å². The van der Waals surface area contributed by atoms with E-state index in [4.69, 9.17) is 34.8 Å². The van der Waals surface area contributed by atoms with Gasteiger partial charge in [0, 0.05) is 19.5 Å². The highest BCUT2D eigenvalue weighted by Crippen LogP contribution is 2.31. The molecule has 0 atom stereocenters. The maximum Gasteiger partial charge on any atom is 0.321 e. The summed E-state index contributed by atoms with van der Waals surface area (Å²) in [4.78, 5) is 13.0. The van der Waals surface area contributed by atoms with Crippen molar-refractivity contribution in [2.24, 2.45) is 0 Å². The molecule has 1 aromatic rings. The number of hydrogen-bond acceptors (Lipinski definition) is 1. The van der Waals surface area contributed by atoms with E-state index in [9.17, 15) is 4.79 Å². The van der Waals surface area contributed by atoms with Gasteiger partial charge in [0.25, 0.3) is 0 Å². The summed E-state index contributed by atoms with van der Waals surface area (Å²) in [6.07, 6.45) is 0. The van der Waals surface area contributed by atoms with Crippen molar-refractivity contribution < 1.29 is 4.79 Å². The van der Waals surface area contributed by atoms with Crippen molar-refractivity contribution in [1.29, 1.82) is 0 Å². The zero-order chi connectivity index (χ0) is 12.1. The van der Waals surface area contributed by atoms with Gasteiger partial charge in [-0.3, -0.25) is 4.90 Å². The first-order valence-electron chi connectivity index (χ1n) is 4.59. The molecule has 0 spiro atoms. The SMILES string of the molecule is CN(C(=O)NCCCl)c1cccc(Cl)c1Cl. The third-order valence-electron chi connectivity index (χ3n) is 1.97. The number of benzene rings is 1. The third kappa shape index (κ3) is 3.17. The molecule has 0 aromatic heterocycles. The molecule has 0 saturated heterocycles. The molecule has 3 nitrogen and oxygen atoms in total. The first-order valence-corrected chi connectivity index (χ1v) is 5.88. The van der Waals surface area contributed by atoms with Gasteiger partial charge >= 0.3 is 6.03 Å². The Balaban J connectivity index is 2.83. The molecule has 0 saturated carbocycles. The number of alkyl halides is 1. The molecule has 0 bridgehead atoms. The Morgan fingerprint density at radius 3 is 2.75 bits per heavy atom. The second kappa shape index (κ2) is 6.18. The first kappa shape index (κ1) is 13.4. The predicted molar refractivity (Wildman–Crippen MR) is 69.0 cm³/mol. The second-order valence-corrected chi connectivity index (χ2v) is 4.22. The van der Waals surface area contributed by atoms with Gasteiger partial charge in [0.05, 0.1) is 15.7 Å². The normalized spacial score (nSPS) is 10.0. The molecule has 1 rings (SSSR count). The van der Waals surface area contributed by atoms with Crippen molar-refractivity contribution in [1.82, 2.24) is 5.32 Å². The topological polar surface area (TPSA) is 32.3 Å². The number of rotatable bonds is 3. The molecule has 1 aromatic carbocycles. The van der Waals surface area contributed by atoms with Crippen molar-refractivity contribution in [2.75, 3.05) is 24.4 Å². The minimum atomic E-state index is -0.273. The number of carbonyl (C=O) groups is 1. The Labute approximate surface area is 109 Å². The van der Waals surface area contributed by atoms with E-state index in [1.54, 1.807) is 25.2 Å². The lowest BCUT2D eigenvalue weighted by molar-refractivity contribution is 0.248. The molecule has 0 aliphatic carbocycles. The number of nitrogens with one attached hydrogen (secondary N) is 1. The number of anilines is 1. The van der Waals surface area contributed by atoms with Crippen molar-refractivity contribution in [3.8, 4) is 0 Å². The largest absolute Gasteiger partial charge is 0.336 e. The third-order valence-corrected chi connectivity index (χ3v) is 2.97. The van der Waals surface area contributed by atoms with E-state index < -0.39 is 0 Å². The predicted octanol–water partition coefficient (Wildman–Crippen LogP) is 3.38. The molecule has 1 N–H and O–H groups in total. The van der Waals surface area contributed by atoms with Crippen LogP contribution < -0.4 is 10.2 Å². The standard InChI is InChI=1S/C10H11Cl3N2O/c1-15(10(16)14-6-5-11)8-4-2-3-7(12)9(8)13/h2-4H,5-6H2,1H3,(H,14,16). The Kier molecular flexibility index (Phi) is 5.19. The van der Waals surface area contributed by atoms with Crippen LogP contribution in [0.2, 0.25) is 10.0 Å². The fourth-order valence-electron chi connectivity index (χ4n) is 1.13. The lowest BCUT2D eigenvalue weighted by Gasteiger charge is -2.19. The fraction of sp³-hybridized carbons (Fsp3) is 0.300. The van der Waals surface area contributed by atoms with Crippen LogP contribution in [0.25, 0.3) is 0 Å². The highest BCUT2D eigenvalue weighted by atomic mass is 35.5. The molecule has 2 amide bonds. The second-order valence-electron chi connectivity index (χ2n) is 3.05. The summed E-state index contributed by atoms with van der Waals surface area (Å²) in [5.74, 6) is 0.364. The minimum absolute atomic E-state index is 0.273. The quantitative estimate of drug-likeness (QED) is 0.846. The molecule has 0 aliphatic rings. The van der Waals surface area contributed by atoms with Crippen LogP contribution in [0.4, 0.5) is 10.5 Å². The van der Waals surface area contributed by atoms with Gasteiger partial charge in [-0.15, -0.1) is 11.6 Å². The number of carbonyl (C=O) groups excluding carboxylic acids is 1. The number of nitrogens with zero attached hydrogens (tertiary/aromatic N) is 1. The zero-order valence-corrected chi connectivity index (χ0v) is 10.9. The van der Waals surface area contributed by atoms with Crippen molar-refractivity contribution in [3.05, 3.63) is 28.2 Å².